The van der Waals surface area contributed by atoms with Gasteiger partial charge in [-0.1, -0.05) is 30.3 Å². The van der Waals surface area contributed by atoms with E-state index in [4.69, 9.17) is 4.18 Å². The molecule has 1 unspecified atom stereocenters. The maximum atomic E-state index is 11.0. The van der Waals surface area contributed by atoms with Crippen molar-refractivity contribution >= 4 is 10.1 Å². The average Bonchev–Trinajstić information content (AvgIpc) is 2.82. The fourth-order valence-electron chi connectivity index (χ4n) is 2.83. The minimum Gasteiger partial charge on any atom is -0.354 e. The van der Waals surface area contributed by atoms with Crippen LogP contribution in [-0.2, 0) is 26.4 Å². The van der Waals surface area contributed by atoms with Crippen molar-refractivity contribution < 1.29 is 12.6 Å². The van der Waals surface area contributed by atoms with E-state index in [0.29, 0.717) is 6.42 Å². The third kappa shape index (κ3) is 3.16. The van der Waals surface area contributed by atoms with Crippen LogP contribution in [0.4, 0.5) is 0 Å². The van der Waals surface area contributed by atoms with Crippen LogP contribution in [0.5, 0.6) is 0 Å². The van der Waals surface area contributed by atoms with E-state index in [-0.39, 0.29) is 6.61 Å². The van der Waals surface area contributed by atoms with Gasteiger partial charge in [0.2, 0.25) is 0 Å². The van der Waals surface area contributed by atoms with Crippen LogP contribution in [0.25, 0.3) is 0 Å². The van der Waals surface area contributed by atoms with Gasteiger partial charge in [-0.15, -0.1) is 0 Å². The van der Waals surface area contributed by atoms with Gasteiger partial charge in [0.05, 0.1) is 18.9 Å². The van der Waals surface area contributed by atoms with Gasteiger partial charge in [0.15, 0.2) is 5.54 Å². The Labute approximate surface area is 131 Å². The monoisotopic (exact) mass is 320 g/mol. The lowest BCUT2D eigenvalue weighted by Crippen LogP contribution is -2.40. The van der Waals surface area contributed by atoms with Crippen molar-refractivity contribution in [2.45, 2.75) is 32.4 Å². The highest BCUT2D eigenvalue weighted by Crippen LogP contribution is 2.40. The molecular formula is C16H20N2O3S. The summed E-state index contributed by atoms with van der Waals surface area (Å²) in [4.78, 5) is 2.09. The van der Waals surface area contributed by atoms with Gasteiger partial charge in [-0.2, -0.15) is 13.7 Å². The van der Waals surface area contributed by atoms with Crippen molar-refractivity contribution in [1.82, 2.24) is 4.90 Å². The summed E-state index contributed by atoms with van der Waals surface area (Å²) in [5, 5.41) is 9.74. The molecular weight excluding hydrogens is 300 g/mol. The number of nitriles is 1. The molecule has 5 nitrogen and oxygen atoms in total. The van der Waals surface area contributed by atoms with Gasteiger partial charge in [-0.05, 0) is 25.0 Å². The predicted octanol–water partition coefficient (Wildman–Crippen LogP) is 2.51. The molecule has 1 heterocycles. The smallest absolute Gasteiger partial charge is 0.264 e. The number of hydrogen-bond donors (Lipinski definition) is 0. The summed E-state index contributed by atoms with van der Waals surface area (Å²) in [6.45, 7) is 4.81. The highest BCUT2D eigenvalue weighted by molar-refractivity contribution is 7.85. The van der Waals surface area contributed by atoms with E-state index in [1.807, 2.05) is 26.0 Å². The Bertz CT molecular complexity index is 717. The first-order valence-electron chi connectivity index (χ1n) is 7.12. The second-order valence-corrected chi connectivity index (χ2v) is 7.07. The molecule has 0 spiro atoms. The van der Waals surface area contributed by atoms with Crippen LogP contribution in [0.1, 0.15) is 31.4 Å². The molecule has 22 heavy (non-hydrogen) atoms. The predicted molar refractivity (Wildman–Crippen MR) is 84.1 cm³/mol. The van der Waals surface area contributed by atoms with Crippen molar-refractivity contribution in [3.63, 3.8) is 0 Å². The molecule has 1 aliphatic heterocycles. The first-order chi connectivity index (χ1) is 10.3. The fourth-order valence-corrected chi connectivity index (χ4v) is 3.18. The quantitative estimate of drug-likeness (QED) is 0.780. The Hall–Kier alpha value is -1.84. The SMILES string of the molecule is CCN1C(C)=CCC1(C#N)c1ccc(COS(C)(=O)=O)cc1. The maximum Gasteiger partial charge on any atom is 0.264 e. The number of allylic oxidation sites excluding steroid dienone is 1. The van der Waals surface area contributed by atoms with Gasteiger partial charge in [-0.25, -0.2) is 0 Å². The third-order valence-electron chi connectivity index (χ3n) is 3.95. The lowest BCUT2D eigenvalue weighted by molar-refractivity contribution is 0.222. The average molecular weight is 320 g/mol. The topological polar surface area (TPSA) is 70.4 Å². The van der Waals surface area contributed by atoms with Gasteiger partial charge in [0, 0.05) is 18.7 Å². The Morgan fingerprint density at radius 3 is 2.50 bits per heavy atom. The summed E-state index contributed by atoms with van der Waals surface area (Å²) in [6.07, 6.45) is 3.76. The number of rotatable bonds is 5. The molecule has 2 rings (SSSR count). The zero-order valence-electron chi connectivity index (χ0n) is 13.0. The van der Waals surface area contributed by atoms with Crippen LogP contribution in [0.2, 0.25) is 0 Å². The Balaban J connectivity index is 2.24. The fraction of sp³-hybridized carbons (Fsp3) is 0.438. The number of benzene rings is 1. The first kappa shape index (κ1) is 16.5. The summed E-state index contributed by atoms with van der Waals surface area (Å²) in [6, 6.07) is 9.81. The molecule has 0 saturated carbocycles. The highest BCUT2D eigenvalue weighted by Gasteiger charge is 2.41. The highest BCUT2D eigenvalue weighted by atomic mass is 32.2. The van der Waals surface area contributed by atoms with Crippen LogP contribution >= 0.6 is 0 Å². The van der Waals surface area contributed by atoms with Crippen molar-refractivity contribution in [3.05, 3.63) is 47.2 Å². The molecule has 0 amide bonds. The van der Waals surface area contributed by atoms with Crippen LogP contribution in [0, 0.1) is 11.3 Å². The summed E-state index contributed by atoms with van der Waals surface area (Å²) >= 11 is 0. The van der Waals surface area contributed by atoms with E-state index >= 15 is 0 Å². The molecule has 1 atom stereocenters. The lowest BCUT2D eigenvalue weighted by atomic mass is 9.88. The van der Waals surface area contributed by atoms with Crippen molar-refractivity contribution in [2.24, 2.45) is 0 Å². The molecule has 118 valence electrons. The zero-order valence-corrected chi connectivity index (χ0v) is 13.9. The van der Waals surface area contributed by atoms with E-state index in [0.717, 1.165) is 29.6 Å². The van der Waals surface area contributed by atoms with Crippen LogP contribution < -0.4 is 0 Å². The summed E-state index contributed by atoms with van der Waals surface area (Å²) in [5.41, 5.74) is 2.10. The molecule has 0 aliphatic carbocycles. The van der Waals surface area contributed by atoms with Crippen LogP contribution in [0.3, 0.4) is 0 Å². The molecule has 0 N–H and O–H groups in total. The largest absolute Gasteiger partial charge is 0.354 e. The summed E-state index contributed by atoms with van der Waals surface area (Å²) in [7, 11) is -3.45. The van der Waals surface area contributed by atoms with E-state index in [1.165, 1.54) is 0 Å². The number of nitrogens with zero attached hydrogens (tertiary/aromatic N) is 2. The van der Waals surface area contributed by atoms with Gasteiger partial charge < -0.3 is 4.90 Å². The second-order valence-electron chi connectivity index (χ2n) is 5.43. The molecule has 0 saturated heterocycles. The molecule has 0 radical (unpaired) electrons. The van der Waals surface area contributed by atoms with Crippen molar-refractivity contribution in [2.75, 3.05) is 12.8 Å². The van der Waals surface area contributed by atoms with Crippen molar-refractivity contribution in [1.29, 1.82) is 5.26 Å². The maximum absolute atomic E-state index is 11.0. The lowest BCUT2D eigenvalue weighted by Gasteiger charge is -2.35. The van der Waals surface area contributed by atoms with E-state index in [9.17, 15) is 13.7 Å². The van der Waals surface area contributed by atoms with Crippen LogP contribution in [0.15, 0.2) is 36.0 Å². The minimum atomic E-state index is -3.45. The Morgan fingerprint density at radius 2 is 2.00 bits per heavy atom. The molecule has 1 aromatic rings. The minimum absolute atomic E-state index is 0.00738. The molecule has 6 heteroatoms. The summed E-state index contributed by atoms with van der Waals surface area (Å²) in [5.74, 6) is 0. The Kier molecular flexibility index (Phi) is 4.59. The third-order valence-corrected chi connectivity index (χ3v) is 4.50. The molecule has 0 aromatic heterocycles. The number of hydrogen-bond acceptors (Lipinski definition) is 5. The van der Waals surface area contributed by atoms with E-state index < -0.39 is 15.7 Å². The first-order valence-corrected chi connectivity index (χ1v) is 8.93. The molecule has 0 fully saturated rings. The van der Waals surface area contributed by atoms with Gasteiger partial charge >= 0.3 is 0 Å². The standard InChI is InChI=1S/C16H20N2O3S/c1-4-18-13(2)9-10-16(18,12-17)15-7-5-14(6-8-15)11-21-22(3,19)20/h5-9H,4,10-11H2,1-3H3. The van der Waals surface area contributed by atoms with E-state index in [1.54, 1.807) is 12.1 Å². The molecule has 0 bridgehead atoms. The van der Waals surface area contributed by atoms with E-state index in [2.05, 4.69) is 17.0 Å². The summed E-state index contributed by atoms with van der Waals surface area (Å²) < 4.78 is 26.8. The molecule has 1 aliphatic rings. The molecule has 1 aromatic carbocycles. The van der Waals surface area contributed by atoms with Gasteiger partial charge in [0.1, 0.15) is 0 Å². The zero-order chi connectivity index (χ0) is 16.4. The van der Waals surface area contributed by atoms with Crippen molar-refractivity contribution in [3.8, 4) is 6.07 Å². The van der Waals surface area contributed by atoms with Crippen LogP contribution in [-0.4, -0.2) is 26.1 Å². The normalized spacial score (nSPS) is 21.5. The van der Waals surface area contributed by atoms with Gasteiger partial charge in [-0.3, -0.25) is 4.18 Å². The van der Waals surface area contributed by atoms with Gasteiger partial charge in [0.25, 0.3) is 10.1 Å². The Morgan fingerprint density at radius 1 is 1.36 bits per heavy atom. The second kappa shape index (κ2) is 6.11.